The van der Waals surface area contributed by atoms with Crippen molar-refractivity contribution in [2.24, 2.45) is 17.3 Å². The quantitative estimate of drug-likeness (QED) is 0.600. The molecule has 2 nitrogen and oxygen atoms in total. The molecule has 2 saturated carbocycles. The summed E-state index contributed by atoms with van der Waals surface area (Å²) >= 11 is 0. The number of aryl methyl sites for hydroxylation is 1. The Morgan fingerprint density at radius 2 is 1.76 bits per heavy atom. The van der Waals surface area contributed by atoms with Crippen molar-refractivity contribution in [2.45, 2.75) is 91.6 Å². The van der Waals surface area contributed by atoms with Crippen LogP contribution < -0.4 is 0 Å². The summed E-state index contributed by atoms with van der Waals surface area (Å²) in [5, 5.41) is 20.0. The van der Waals surface area contributed by atoms with Crippen molar-refractivity contribution in [3.63, 3.8) is 0 Å². The predicted molar refractivity (Wildman–Crippen MR) is 106 cm³/mol. The molecule has 0 saturated heterocycles. The molecule has 0 radical (unpaired) electrons. The van der Waals surface area contributed by atoms with Crippen LogP contribution in [0.25, 0.3) is 0 Å². The molecule has 1 aromatic rings. The van der Waals surface area contributed by atoms with E-state index in [1.165, 1.54) is 36.8 Å². The number of rotatable bonds is 0. The molecule has 0 bridgehead atoms. The number of aromatic hydroxyl groups is 1. The van der Waals surface area contributed by atoms with Crippen LogP contribution in [0.3, 0.4) is 0 Å². The highest BCUT2D eigenvalue weighted by molar-refractivity contribution is 5.40. The van der Waals surface area contributed by atoms with E-state index in [2.05, 4.69) is 26.8 Å². The first-order valence-electron chi connectivity index (χ1n) is 10.5. The lowest BCUT2D eigenvalue weighted by atomic mass is 9.55. The number of aliphatic hydroxyl groups is 1. The van der Waals surface area contributed by atoms with Gasteiger partial charge in [-0.2, -0.15) is 0 Å². The van der Waals surface area contributed by atoms with Crippen LogP contribution in [0.15, 0.2) is 18.2 Å². The van der Waals surface area contributed by atoms with E-state index < -0.39 is 0 Å². The zero-order chi connectivity index (χ0) is 18.6. The molecule has 25 heavy (non-hydrogen) atoms. The van der Waals surface area contributed by atoms with E-state index in [-0.39, 0.29) is 11.5 Å². The molecule has 4 rings (SSSR count). The van der Waals surface area contributed by atoms with Gasteiger partial charge >= 0.3 is 0 Å². The Balaban J connectivity index is 0.000000410. The fraction of sp³-hybridized carbons (Fsp3) is 0.739. The first kappa shape index (κ1) is 20.3. The van der Waals surface area contributed by atoms with Crippen LogP contribution in [0.4, 0.5) is 0 Å². The summed E-state index contributed by atoms with van der Waals surface area (Å²) in [6.45, 7) is 10.6. The molecule has 142 valence electrons. The fourth-order valence-electron chi connectivity index (χ4n) is 5.54. The van der Waals surface area contributed by atoms with E-state index in [9.17, 15) is 10.2 Å². The maximum Gasteiger partial charge on any atom is 0.115 e. The highest BCUT2D eigenvalue weighted by Crippen LogP contribution is 2.60. The maximum absolute atomic E-state index is 10.4. The Labute approximate surface area is 154 Å². The average molecular weight is 347 g/mol. The zero-order valence-electron chi connectivity index (χ0n) is 16.9. The van der Waals surface area contributed by atoms with Crippen molar-refractivity contribution >= 4 is 0 Å². The third kappa shape index (κ3) is 3.74. The number of hydrogen-bond donors (Lipinski definition) is 2. The lowest BCUT2D eigenvalue weighted by molar-refractivity contribution is -0.0226. The number of aliphatic hydroxyl groups excluding tert-OH is 1. The van der Waals surface area contributed by atoms with Gasteiger partial charge in [-0.3, -0.25) is 0 Å². The summed E-state index contributed by atoms with van der Waals surface area (Å²) < 4.78 is 0. The SMILES string of the molecule is CC.CC12CCC3c4ccc(O)cc4CCC3C1CCC2O.CCC. The van der Waals surface area contributed by atoms with Gasteiger partial charge in [0.25, 0.3) is 0 Å². The summed E-state index contributed by atoms with van der Waals surface area (Å²) in [6.07, 6.45) is 8.03. The van der Waals surface area contributed by atoms with Gasteiger partial charge in [0, 0.05) is 0 Å². The van der Waals surface area contributed by atoms with E-state index >= 15 is 0 Å². The first-order valence-corrected chi connectivity index (χ1v) is 10.5. The Morgan fingerprint density at radius 1 is 1.08 bits per heavy atom. The van der Waals surface area contributed by atoms with Crippen LogP contribution in [0.5, 0.6) is 5.75 Å². The average Bonchev–Trinajstić information content (AvgIpc) is 2.92. The molecule has 1 aromatic carbocycles. The largest absolute Gasteiger partial charge is 0.508 e. The summed E-state index contributed by atoms with van der Waals surface area (Å²) in [6, 6.07) is 5.96. The molecule has 5 atom stereocenters. The van der Waals surface area contributed by atoms with Gasteiger partial charge in [-0.1, -0.05) is 47.1 Å². The van der Waals surface area contributed by atoms with Gasteiger partial charge in [0.15, 0.2) is 0 Å². The summed E-state index contributed by atoms with van der Waals surface area (Å²) in [4.78, 5) is 0. The molecule has 0 amide bonds. The number of hydrogen-bond acceptors (Lipinski definition) is 2. The van der Waals surface area contributed by atoms with Crippen LogP contribution in [0.2, 0.25) is 0 Å². The second-order valence-electron chi connectivity index (χ2n) is 8.14. The molecular formula is C23H38O2. The van der Waals surface area contributed by atoms with Crippen molar-refractivity contribution in [2.75, 3.05) is 0 Å². The van der Waals surface area contributed by atoms with Crippen LogP contribution >= 0.6 is 0 Å². The number of fused-ring (bicyclic) bond motifs is 5. The molecule has 2 fully saturated rings. The Hall–Kier alpha value is -1.02. The second-order valence-corrected chi connectivity index (χ2v) is 8.14. The van der Waals surface area contributed by atoms with E-state index in [0.717, 1.165) is 25.2 Å². The lowest BCUT2D eigenvalue weighted by Gasteiger charge is -2.50. The van der Waals surface area contributed by atoms with Crippen molar-refractivity contribution < 1.29 is 10.2 Å². The smallest absolute Gasteiger partial charge is 0.115 e. The highest BCUT2D eigenvalue weighted by Gasteiger charge is 2.54. The zero-order valence-corrected chi connectivity index (χ0v) is 16.9. The first-order chi connectivity index (χ1) is 12.0. The minimum Gasteiger partial charge on any atom is -0.508 e. The molecular weight excluding hydrogens is 308 g/mol. The molecule has 0 spiro atoms. The molecule has 0 heterocycles. The van der Waals surface area contributed by atoms with E-state index in [4.69, 9.17) is 0 Å². The van der Waals surface area contributed by atoms with Crippen LogP contribution in [-0.2, 0) is 6.42 Å². The van der Waals surface area contributed by atoms with Gasteiger partial charge in [0.2, 0.25) is 0 Å². The summed E-state index contributed by atoms with van der Waals surface area (Å²) in [7, 11) is 0. The molecule has 3 aliphatic carbocycles. The lowest BCUT2D eigenvalue weighted by Crippen LogP contribution is -2.43. The number of phenols is 1. The van der Waals surface area contributed by atoms with Gasteiger partial charge in [0.05, 0.1) is 6.10 Å². The minimum absolute atomic E-state index is 0.0883. The second kappa shape index (κ2) is 8.58. The summed E-state index contributed by atoms with van der Waals surface area (Å²) in [5.41, 5.74) is 2.99. The Bertz CT molecular complexity index is 553. The molecule has 2 heteroatoms. The monoisotopic (exact) mass is 346 g/mol. The Kier molecular flexibility index (Phi) is 6.96. The molecule has 2 N–H and O–H groups in total. The molecule has 0 aromatic heterocycles. The Morgan fingerprint density at radius 3 is 2.44 bits per heavy atom. The van der Waals surface area contributed by atoms with Crippen LogP contribution in [-0.4, -0.2) is 16.3 Å². The van der Waals surface area contributed by atoms with Gasteiger partial charge < -0.3 is 10.2 Å². The molecule has 3 aliphatic rings. The number of phenolic OH excluding ortho intramolecular Hbond substituents is 1. The topological polar surface area (TPSA) is 40.5 Å². The van der Waals surface area contributed by atoms with E-state index in [0.29, 0.717) is 17.6 Å². The molecule has 5 unspecified atom stereocenters. The normalized spacial score (nSPS) is 35.1. The number of benzene rings is 1. The predicted octanol–water partition coefficient (Wildman–Crippen LogP) is 6.05. The minimum atomic E-state index is -0.0883. The molecule has 0 aliphatic heterocycles. The van der Waals surface area contributed by atoms with E-state index in [1.54, 1.807) is 0 Å². The van der Waals surface area contributed by atoms with Crippen molar-refractivity contribution in [3.05, 3.63) is 29.3 Å². The van der Waals surface area contributed by atoms with Crippen molar-refractivity contribution in [1.29, 1.82) is 0 Å². The highest BCUT2D eigenvalue weighted by atomic mass is 16.3. The van der Waals surface area contributed by atoms with E-state index in [1.807, 2.05) is 26.0 Å². The van der Waals surface area contributed by atoms with Gasteiger partial charge in [-0.15, -0.1) is 0 Å². The van der Waals surface area contributed by atoms with Crippen molar-refractivity contribution in [1.82, 2.24) is 0 Å². The fourth-order valence-corrected chi connectivity index (χ4v) is 5.54. The standard InChI is InChI=1S/C18H24O2.C3H8.C2H6/c1-18-9-8-14-13-5-3-12(19)10-11(13)2-4-15(14)16(18)6-7-17(18)20;1-3-2;1-2/h3,5,10,14-17,19-20H,2,4,6-9H2,1H3;3H2,1-2H3;1-2H3. The third-order valence-corrected chi connectivity index (χ3v) is 6.66. The van der Waals surface area contributed by atoms with Gasteiger partial charge in [0.1, 0.15) is 5.75 Å². The van der Waals surface area contributed by atoms with Crippen LogP contribution in [0.1, 0.15) is 90.2 Å². The van der Waals surface area contributed by atoms with Gasteiger partial charge in [-0.25, -0.2) is 0 Å². The van der Waals surface area contributed by atoms with Crippen molar-refractivity contribution in [3.8, 4) is 5.75 Å². The maximum atomic E-state index is 10.4. The van der Waals surface area contributed by atoms with Crippen LogP contribution in [0, 0.1) is 17.3 Å². The van der Waals surface area contributed by atoms with Gasteiger partial charge in [-0.05, 0) is 85.0 Å². The third-order valence-electron chi connectivity index (χ3n) is 6.66. The summed E-state index contributed by atoms with van der Waals surface area (Å²) in [5.74, 6) is 2.49.